The van der Waals surface area contributed by atoms with Crippen LogP contribution in [0.3, 0.4) is 0 Å². The average Bonchev–Trinajstić information content (AvgIpc) is 3.13. The number of aromatic nitrogens is 1. The fourth-order valence-corrected chi connectivity index (χ4v) is 3.18. The van der Waals surface area contributed by atoms with Crippen LogP contribution in [0, 0.1) is 0 Å². The number of para-hydroxylation sites is 1. The van der Waals surface area contributed by atoms with Crippen LogP contribution in [-0.4, -0.2) is 16.9 Å². The molecule has 0 saturated carbocycles. The quantitative estimate of drug-likeness (QED) is 0.662. The Bertz CT molecular complexity index is 789. The Morgan fingerprint density at radius 2 is 1.95 bits per heavy atom. The zero-order valence-electron chi connectivity index (χ0n) is 11.4. The summed E-state index contributed by atoms with van der Waals surface area (Å²) in [5.41, 5.74) is 0.753. The number of carbonyl (C=O) groups excluding carboxylic acids is 1. The van der Waals surface area contributed by atoms with Crippen molar-refractivity contribution >= 4 is 28.0 Å². The van der Waals surface area contributed by atoms with Crippen LogP contribution < -0.4 is 0 Å². The summed E-state index contributed by atoms with van der Waals surface area (Å²) in [6.07, 6.45) is -3.70. The second kappa shape index (κ2) is 5.61. The second-order valence-corrected chi connectivity index (χ2v) is 5.94. The summed E-state index contributed by atoms with van der Waals surface area (Å²) in [5, 5.41) is 2.19. The molecule has 0 bridgehead atoms. The number of alkyl halides is 3. The minimum atomic E-state index is -4.47. The Balaban J connectivity index is 1.99. The summed E-state index contributed by atoms with van der Waals surface area (Å²) < 4.78 is 40.4. The number of Topliss-reactive ketones (excluding diaryl/α,β-unsaturated/α-hetero) is 1. The van der Waals surface area contributed by atoms with Crippen LogP contribution in [0.15, 0.2) is 48.0 Å². The number of fused-ring (bicyclic) bond motifs is 1. The predicted octanol–water partition coefficient (Wildman–Crippen LogP) is 5.15. The minimum Gasteiger partial charge on any atom is -0.361 e. The normalized spacial score (nSPS) is 13.4. The van der Waals surface area contributed by atoms with E-state index in [1.165, 1.54) is 6.20 Å². The van der Waals surface area contributed by atoms with Gasteiger partial charge < -0.3 is 4.98 Å². The number of nitrogens with one attached hydrogen (secondary N) is 1. The molecule has 0 radical (unpaired) electrons. The maximum Gasteiger partial charge on any atom is 0.396 e. The summed E-state index contributed by atoms with van der Waals surface area (Å²) in [4.78, 5) is 15.3. The molecular weight excluding hydrogens is 311 g/mol. The number of ketones is 1. The van der Waals surface area contributed by atoms with E-state index in [1.807, 2.05) is 0 Å². The molecule has 0 fully saturated rings. The zero-order valence-corrected chi connectivity index (χ0v) is 12.2. The fourth-order valence-electron chi connectivity index (χ4n) is 2.51. The molecule has 0 spiro atoms. The molecule has 3 aromatic rings. The molecule has 0 aliphatic carbocycles. The molecule has 2 aromatic heterocycles. The number of carbonyl (C=O) groups is 1. The van der Waals surface area contributed by atoms with E-state index in [4.69, 9.17) is 0 Å². The highest BCUT2D eigenvalue weighted by atomic mass is 32.1. The van der Waals surface area contributed by atoms with Gasteiger partial charge >= 0.3 is 6.18 Å². The van der Waals surface area contributed by atoms with Crippen LogP contribution in [0.2, 0.25) is 0 Å². The smallest absolute Gasteiger partial charge is 0.361 e. The minimum absolute atomic E-state index is 0.119. The molecule has 3 rings (SSSR count). The van der Waals surface area contributed by atoms with Gasteiger partial charge in [-0.25, -0.2) is 0 Å². The van der Waals surface area contributed by atoms with Gasteiger partial charge in [0.1, 0.15) is 0 Å². The van der Waals surface area contributed by atoms with Crippen molar-refractivity contribution in [3.05, 3.63) is 58.4 Å². The van der Waals surface area contributed by atoms with Gasteiger partial charge in [0, 0.05) is 23.5 Å². The topological polar surface area (TPSA) is 32.9 Å². The van der Waals surface area contributed by atoms with Crippen molar-refractivity contribution in [3.63, 3.8) is 0 Å². The van der Waals surface area contributed by atoms with E-state index >= 15 is 0 Å². The SMILES string of the molecule is O=C(C[C@H](c1c[nH]c2ccccc12)C(F)(F)F)c1cccs1. The van der Waals surface area contributed by atoms with Gasteiger partial charge in [-0.1, -0.05) is 24.3 Å². The van der Waals surface area contributed by atoms with Crippen LogP contribution in [0.4, 0.5) is 13.2 Å². The third kappa shape index (κ3) is 2.78. The fraction of sp³-hybridized carbons (Fsp3) is 0.188. The summed E-state index contributed by atoms with van der Waals surface area (Å²) >= 11 is 1.16. The second-order valence-electron chi connectivity index (χ2n) is 4.99. The van der Waals surface area contributed by atoms with Crippen LogP contribution in [-0.2, 0) is 0 Å². The molecule has 0 aliphatic rings. The van der Waals surface area contributed by atoms with Crippen molar-refractivity contribution < 1.29 is 18.0 Å². The van der Waals surface area contributed by atoms with Crippen LogP contribution in [0.1, 0.15) is 27.6 Å². The Kier molecular flexibility index (Phi) is 3.78. The number of thiophene rings is 1. The maximum absolute atomic E-state index is 13.5. The van der Waals surface area contributed by atoms with Crippen LogP contribution in [0.5, 0.6) is 0 Å². The number of hydrogen-bond acceptors (Lipinski definition) is 2. The number of halogens is 3. The van der Waals surface area contributed by atoms with Gasteiger partial charge in [0.2, 0.25) is 0 Å². The lowest BCUT2D eigenvalue weighted by molar-refractivity contribution is -0.149. The molecule has 22 heavy (non-hydrogen) atoms. The van der Waals surface area contributed by atoms with E-state index in [-0.39, 0.29) is 5.56 Å². The summed E-state index contributed by atoms with van der Waals surface area (Å²) in [5.74, 6) is -2.29. The van der Waals surface area contributed by atoms with Crippen molar-refractivity contribution in [3.8, 4) is 0 Å². The molecule has 0 aliphatic heterocycles. The van der Waals surface area contributed by atoms with Crippen molar-refractivity contribution in [2.24, 2.45) is 0 Å². The molecule has 0 unspecified atom stereocenters. The van der Waals surface area contributed by atoms with Gasteiger partial charge in [0.15, 0.2) is 5.78 Å². The highest BCUT2D eigenvalue weighted by molar-refractivity contribution is 7.12. The number of rotatable bonds is 4. The lowest BCUT2D eigenvalue weighted by atomic mass is 9.92. The number of H-pyrrole nitrogens is 1. The van der Waals surface area contributed by atoms with E-state index < -0.39 is 24.3 Å². The Labute approximate surface area is 128 Å². The van der Waals surface area contributed by atoms with Gasteiger partial charge in [-0.05, 0) is 23.1 Å². The van der Waals surface area contributed by atoms with Gasteiger partial charge in [-0.15, -0.1) is 11.3 Å². The van der Waals surface area contributed by atoms with Crippen molar-refractivity contribution in [1.82, 2.24) is 4.98 Å². The third-order valence-electron chi connectivity index (χ3n) is 3.58. The zero-order chi connectivity index (χ0) is 15.7. The van der Waals surface area contributed by atoms with Crippen LogP contribution in [0.25, 0.3) is 10.9 Å². The highest BCUT2D eigenvalue weighted by Gasteiger charge is 2.43. The molecule has 1 atom stereocenters. The first-order valence-electron chi connectivity index (χ1n) is 6.66. The van der Waals surface area contributed by atoms with Crippen molar-refractivity contribution in [1.29, 1.82) is 0 Å². The predicted molar refractivity (Wildman–Crippen MR) is 80.4 cm³/mol. The Morgan fingerprint density at radius 1 is 1.18 bits per heavy atom. The molecule has 0 amide bonds. The third-order valence-corrected chi connectivity index (χ3v) is 4.49. The summed E-state index contributed by atoms with van der Waals surface area (Å²) in [6.45, 7) is 0. The largest absolute Gasteiger partial charge is 0.396 e. The molecule has 6 heteroatoms. The molecule has 1 N–H and O–H groups in total. The average molecular weight is 323 g/mol. The van der Waals surface area contributed by atoms with Crippen molar-refractivity contribution in [2.45, 2.75) is 18.5 Å². The van der Waals surface area contributed by atoms with Crippen LogP contribution >= 0.6 is 11.3 Å². The lowest BCUT2D eigenvalue weighted by Gasteiger charge is -2.19. The summed E-state index contributed by atoms with van der Waals surface area (Å²) in [6, 6.07) is 10.0. The van der Waals surface area contributed by atoms with E-state index in [1.54, 1.807) is 41.8 Å². The number of aromatic amines is 1. The highest BCUT2D eigenvalue weighted by Crippen LogP contribution is 2.41. The van der Waals surface area contributed by atoms with Gasteiger partial charge in [-0.2, -0.15) is 13.2 Å². The van der Waals surface area contributed by atoms with E-state index in [0.29, 0.717) is 15.8 Å². The molecule has 114 valence electrons. The molecule has 1 aromatic carbocycles. The maximum atomic E-state index is 13.5. The number of benzene rings is 1. The first kappa shape index (κ1) is 14.8. The first-order chi connectivity index (χ1) is 10.5. The van der Waals surface area contributed by atoms with Crippen molar-refractivity contribution in [2.75, 3.05) is 0 Å². The Morgan fingerprint density at radius 3 is 2.64 bits per heavy atom. The first-order valence-corrected chi connectivity index (χ1v) is 7.54. The van der Waals surface area contributed by atoms with Gasteiger partial charge in [-0.3, -0.25) is 4.79 Å². The molecule has 0 saturated heterocycles. The Hall–Kier alpha value is -2.08. The monoisotopic (exact) mass is 323 g/mol. The molecular formula is C16H12F3NOS. The van der Waals surface area contributed by atoms with E-state index in [0.717, 1.165) is 11.3 Å². The van der Waals surface area contributed by atoms with E-state index in [2.05, 4.69) is 4.98 Å². The number of hydrogen-bond donors (Lipinski definition) is 1. The van der Waals surface area contributed by atoms with Gasteiger partial charge in [0.25, 0.3) is 0 Å². The molecule has 2 nitrogen and oxygen atoms in total. The lowest BCUT2D eigenvalue weighted by Crippen LogP contribution is -2.23. The van der Waals surface area contributed by atoms with E-state index in [9.17, 15) is 18.0 Å². The summed E-state index contributed by atoms with van der Waals surface area (Å²) in [7, 11) is 0. The van der Waals surface area contributed by atoms with Gasteiger partial charge in [0.05, 0.1) is 10.8 Å². The standard InChI is InChI=1S/C16H12F3NOS/c17-16(18,19)12(8-14(21)15-6-3-7-22-15)11-9-20-13-5-2-1-4-10(11)13/h1-7,9,12,20H,8H2/t12-/m1/s1. The molecule has 2 heterocycles.